The number of hydrogen-bond donors (Lipinski definition) is 1. The molecule has 35 heavy (non-hydrogen) atoms. The van der Waals surface area contributed by atoms with Crippen molar-refractivity contribution in [2.24, 2.45) is 5.92 Å². The number of esters is 1. The minimum Gasteiger partial charge on any atom is -0.486 e. The van der Waals surface area contributed by atoms with E-state index in [0.717, 1.165) is 5.56 Å². The van der Waals surface area contributed by atoms with E-state index in [4.69, 9.17) is 37.4 Å². The Morgan fingerprint density at radius 1 is 0.971 bits per heavy atom. The highest BCUT2D eigenvalue weighted by molar-refractivity contribution is 6.35. The third-order valence-electron chi connectivity index (χ3n) is 5.41. The van der Waals surface area contributed by atoms with Crippen LogP contribution < -0.4 is 10.1 Å². The molecule has 192 valence electrons. The van der Waals surface area contributed by atoms with Gasteiger partial charge in [-0.3, -0.25) is 0 Å². The van der Waals surface area contributed by atoms with Crippen molar-refractivity contribution in [1.29, 1.82) is 0 Å². The summed E-state index contributed by atoms with van der Waals surface area (Å²) in [5.74, 6) is -0.339. The lowest BCUT2D eigenvalue weighted by Crippen LogP contribution is -2.48. The topological polar surface area (TPSA) is 73.9 Å². The molecule has 0 bridgehead atoms. The summed E-state index contributed by atoms with van der Waals surface area (Å²) in [4.78, 5) is 24.9. The van der Waals surface area contributed by atoms with E-state index in [9.17, 15) is 9.59 Å². The Hall–Kier alpha value is -2.44. The predicted molar refractivity (Wildman–Crippen MR) is 139 cm³/mol. The van der Waals surface area contributed by atoms with Crippen LogP contribution >= 0.6 is 23.2 Å². The number of halogens is 2. The van der Waals surface area contributed by atoms with E-state index < -0.39 is 35.4 Å². The summed E-state index contributed by atoms with van der Waals surface area (Å²) >= 11 is 12.4. The zero-order valence-electron chi connectivity index (χ0n) is 21.4. The van der Waals surface area contributed by atoms with Gasteiger partial charge in [0.15, 0.2) is 0 Å². The number of ether oxygens (including phenoxy) is 3. The van der Waals surface area contributed by atoms with Gasteiger partial charge in [-0.15, -0.1) is 0 Å². The first-order valence-corrected chi connectivity index (χ1v) is 12.3. The molecule has 1 amide bonds. The second kappa shape index (κ2) is 12.0. The summed E-state index contributed by atoms with van der Waals surface area (Å²) in [7, 11) is 0. The number of alkyl carbamates (subject to hydrolysis) is 1. The molecule has 8 heteroatoms. The van der Waals surface area contributed by atoms with E-state index in [1.807, 2.05) is 51.1 Å². The van der Waals surface area contributed by atoms with Gasteiger partial charge in [0.1, 0.15) is 29.1 Å². The van der Waals surface area contributed by atoms with Gasteiger partial charge in [-0.05, 0) is 78.6 Å². The lowest BCUT2D eigenvalue weighted by Gasteiger charge is -2.38. The number of hydrogen-bond acceptors (Lipinski definition) is 5. The van der Waals surface area contributed by atoms with Crippen LogP contribution in [0.5, 0.6) is 5.75 Å². The zero-order chi connectivity index (χ0) is 26.4. The molecule has 2 aromatic rings. The van der Waals surface area contributed by atoms with Crippen LogP contribution in [0.2, 0.25) is 10.0 Å². The molecule has 0 saturated carbocycles. The van der Waals surface area contributed by atoms with Gasteiger partial charge in [-0.2, -0.15) is 0 Å². The standard InChI is InChI=1S/C27H35Cl2NO5/c1-17(30-25(32)35-26(3,4)5)24(31)33-18(2)21(15-19-11-9-8-10-12-19)27(6,7)34-23-14-13-20(28)16-22(23)29/h8-14,16-18,21H,15H2,1-7H3,(H,30,32)/t17?,18-,21-/m0/s1. The molecule has 6 nitrogen and oxygen atoms in total. The van der Waals surface area contributed by atoms with Crippen LogP contribution in [0.4, 0.5) is 4.79 Å². The van der Waals surface area contributed by atoms with Gasteiger partial charge in [0, 0.05) is 10.9 Å². The predicted octanol–water partition coefficient (Wildman–Crippen LogP) is 6.85. The quantitative estimate of drug-likeness (QED) is 0.363. The molecule has 0 saturated heterocycles. The molecular weight excluding hydrogens is 489 g/mol. The van der Waals surface area contributed by atoms with Crippen molar-refractivity contribution in [2.45, 2.75) is 78.2 Å². The molecule has 1 unspecified atom stereocenters. The summed E-state index contributed by atoms with van der Waals surface area (Å²) in [6.07, 6.45) is -0.649. The van der Waals surface area contributed by atoms with Crippen LogP contribution in [0, 0.1) is 5.92 Å². The number of nitrogens with one attached hydrogen (secondary N) is 1. The Morgan fingerprint density at radius 3 is 2.17 bits per heavy atom. The normalized spacial score (nSPS) is 14.4. The Morgan fingerprint density at radius 2 is 1.60 bits per heavy atom. The number of carbonyl (C=O) groups is 2. The number of benzene rings is 2. The molecule has 1 N–H and O–H groups in total. The van der Waals surface area contributed by atoms with Crippen molar-refractivity contribution in [3.63, 3.8) is 0 Å². The number of carbonyl (C=O) groups excluding carboxylic acids is 2. The van der Waals surface area contributed by atoms with Crippen molar-refractivity contribution < 1.29 is 23.8 Å². The summed E-state index contributed by atoms with van der Waals surface area (Å²) in [6, 6.07) is 14.0. The van der Waals surface area contributed by atoms with Gasteiger partial charge < -0.3 is 19.5 Å². The third-order valence-corrected chi connectivity index (χ3v) is 5.94. The van der Waals surface area contributed by atoms with Crippen LogP contribution in [0.25, 0.3) is 0 Å². The fraction of sp³-hybridized carbons (Fsp3) is 0.481. The Labute approximate surface area is 218 Å². The fourth-order valence-electron chi connectivity index (χ4n) is 3.67. The van der Waals surface area contributed by atoms with E-state index in [-0.39, 0.29) is 5.92 Å². The lowest BCUT2D eigenvalue weighted by molar-refractivity contribution is -0.156. The van der Waals surface area contributed by atoms with E-state index in [1.165, 1.54) is 0 Å². The molecule has 0 heterocycles. The van der Waals surface area contributed by atoms with Crippen LogP contribution in [-0.2, 0) is 20.7 Å². The molecule has 0 radical (unpaired) electrons. The fourth-order valence-corrected chi connectivity index (χ4v) is 4.12. The minimum absolute atomic E-state index is 0.255. The Balaban J connectivity index is 2.20. The first kappa shape index (κ1) is 28.8. The first-order chi connectivity index (χ1) is 16.2. The first-order valence-electron chi connectivity index (χ1n) is 11.6. The van der Waals surface area contributed by atoms with Crippen LogP contribution in [0.1, 0.15) is 54.0 Å². The maximum atomic E-state index is 12.8. The highest BCUT2D eigenvalue weighted by Crippen LogP contribution is 2.36. The molecule has 2 rings (SSSR count). The van der Waals surface area contributed by atoms with Crippen molar-refractivity contribution >= 4 is 35.3 Å². The maximum absolute atomic E-state index is 12.8. The molecule has 0 aliphatic rings. The van der Waals surface area contributed by atoms with Gasteiger partial charge in [0.05, 0.1) is 5.02 Å². The average Bonchev–Trinajstić information content (AvgIpc) is 2.73. The van der Waals surface area contributed by atoms with Gasteiger partial charge in [0.2, 0.25) is 0 Å². The van der Waals surface area contributed by atoms with E-state index >= 15 is 0 Å². The van der Waals surface area contributed by atoms with Gasteiger partial charge in [0.25, 0.3) is 0 Å². The monoisotopic (exact) mass is 523 g/mol. The van der Waals surface area contributed by atoms with Crippen LogP contribution in [0.15, 0.2) is 48.5 Å². The van der Waals surface area contributed by atoms with Gasteiger partial charge in [-0.25, -0.2) is 9.59 Å². The summed E-state index contributed by atoms with van der Waals surface area (Å²) < 4.78 is 17.4. The second-order valence-corrected chi connectivity index (χ2v) is 10.9. The van der Waals surface area contributed by atoms with Crippen molar-refractivity contribution in [1.82, 2.24) is 5.32 Å². The number of rotatable bonds is 9. The average molecular weight is 524 g/mol. The SMILES string of the molecule is CC(NC(=O)OC(C)(C)C)C(=O)O[C@@H](C)[C@H](Cc1ccccc1)C(C)(C)Oc1ccc(Cl)cc1Cl. The second-order valence-electron chi connectivity index (χ2n) is 10.1. The molecule has 0 fully saturated rings. The van der Waals surface area contributed by atoms with E-state index in [1.54, 1.807) is 45.9 Å². The summed E-state index contributed by atoms with van der Waals surface area (Å²) in [6.45, 7) is 12.5. The molecule has 2 aromatic carbocycles. The Bertz CT molecular complexity index is 1000. The van der Waals surface area contributed by atoms with Crippen molar-refractivity contribution in [2.75, 3.05) is 0 Å². The summed E-state index contributed by atoms with van der Waals surface area (Å²) in [5, 5.41) is 3.43. The third kappa shape index (κ3) is 9.26. The molecule has 0 aliphatic carbocycles. The van der Waals surface area contributed by atoms with Gasteiger partial charge in [-0.1, -0.05) is 53.5 Å². The molecular formula is C27H35Cl2NO5. The molecule has 0 spiro atoms. The highest BCUT2D eigenvalue weighted by atomic mass is 35.5. The largest absolute Gasteiger partial charge is 0.486 e. The smallest absolute Gasteiger partial charge is 0.408 e. The molecule has 3 atom stereocenters. The number of amides is 1. The van der Waals surface area contributed by atoms with Crippen molar-refractivity contribution in [3.8, 4) is 5.75 Å². The molecule has 0 aliphatic heterocycles. The van der Waals surface area contributed by atoms with Crippen LogP contribution in [0.3, 0.4) is 0 Å². The van der Waals surface area contributed by atoms with Gasteiger partial charge >= 0.3 is 12.1 Å². The molecule has 0 aromatic heterocycles. The van der Waals surface area contributed by atoms with E-state index in [0.29, 0.717) is 22.2 Å². The van der Waals surface area contributed by atoms with E-state index in [2.05, 4.69) is 5.32 Å². The Kier molecular flexibility index (Phi) is 9.87. The van der Waals surface area contributed by atoms with Crippen molar-refractivity contribution in [3.05, 3.63) is 64.1 Å². The van der Waals surface area contributed by atoms with Crippen LogP contribution in [-0.4, -0.2) is 35.4 Å². The highest BCUT2D eigenvalue weighted by Gasteiger charge is 2.39. The minimum atomic E-state index is -0.889. The maximum Gasteiger partial charge on any atom is 0.408 e. The summed E-state index contributed by atoms with van der Waals surface area (Å²) in [5.41, 5.74) is -0.389. The lowest BCUT2D eigenvalue weighted by atomic mass is 9.81. The zero-order valence-corrected chi connectivity index (χ0v) is 22.9.